The van der Waals surface area contributed by atoms with E-state index in [-0.39, 0.29) is 36.3 Å². The first kappa shape index (κ1) is 22.1. The summed E-state index contributed by atoms with van der Waals surface area (Å²) in [6.45, 7) is 1.14. The molecule has 2 N–H and O–H groups in total. The van der Waals surface area contributed by atoms with Crippen LogP contribution in [0.25, 0.3) is 0 Å². The van der Waals surface area contributed by atoms with Crippen molar-refractivity contribution in [2.45, 2.75) is 12.7 Å². The number of halogens is 4. The van der Waals surface area contributed by atoms with Gasteiger partial charge in [0.15, 0.2) is 5.96 Å². The van der Waals surface area contributed by atoms with Gasteiger partial charge in [-0.25, -0.2) is 0 Å². The molecule has 1 aromatic carbocycles. The number of rotatable bonds is 6. The first-order valence-corrected chi connectivity index (χ1v) is 7.61. The van der Waals surface area contributed by atoms with Crippen LogP contribution in [0.2, 0.25) is 0 Å². The lowest BCUT2D eigenvalue weighted by molar-refractivity contribution is -0.137. The largest absolute Gasteiger partial charge is 0.492 e. The Morgan fingerprint density at radius 3 is 2.65 bits per heavy atom. The van der Waals surface area contributed by atoms with E-state index in [1.165, 1.54) is 12.1 Å². The molecular weight excluding hydrogens is 462 g/mol. The quantitative estimate of drug-likeness (QED) is 0.287. The second-order valence-corrected chi connectivity index (χ2v) is 5.17. The molecule has 0 aliphatic rings. The Labute approximate surface area is 166 Å². The van der Waals surface area contributed by atoms with Crippen molar-refractivity contribution in [3.8, 4) is 5.75 Å². The van der Waals surface area contributed by atoms with Crippen LogP contribution in [0, 0.1) is 0 Å². The summed E-state index contributed by atoms with van der Waals surface area (Å²) in [5.41, 5.74) is 0.259. The fourth-order valence-corrected chi connectivity index (χ4v) is 2.07. The summed E-state index contributed by atoms with van der Waals surface area (Å²) >= 11 is 0. The molecule has 0 spiro atoms. The second kappa shape index (κ2) is 10.2. The van der Waals surface area contributed by atoms with E-state index < -0.39 is 11.7 Å². The Bertz CT molecular complexity index is 718. The third-order valence-corrected chi connectivity index (χ3v) is 3.41. The molecule has 0 atom stereocenters. The van der Waals surface area contributed by atoms with Gasteiger partial charge in [-0.3, -0.25) is 9.67 Å². The zero-order valence-electron chi connectivity index (χ0n) is 14.4. The van der Waals surface area contributed by atoms with Gasteiger partial charge in [-0.05, 0) is 24.3 Å². The fraction of sp³-hybridized carbons (Fsp3) is 0.375. The third-order valence-electron chi connectivity index (χ3n) is 3.41. The molecule has 0 unspecified atom stereocenters. The summed E-state index contributed by atoms with van der Waals surface area (Å²) in [6.07, 6.45) is -2.68. The van der Waals surface area contributed by atoms with Crippen molar-refractivity contribution in [2.24, 2.45) is 12.0 Å². The highest BCUT2D eigenvalue weighted by Crippen LogP contribution is 2.31. The molecule has 1 aromatic heterocycles. The topological polar surface area (TPSA) is 63.5 Å². The predicted molar refractivity (Wildman–Crippen MR) is 104 cm³/mol. The SMILES string of the molecule is CN=C(NCCOc1cccc(C(F)(F)F)c1)NCc1ccnn1C.I. The van der Waals surface area contributed by atoms with Gasteiger partial charge in [0.2, 0.25) is 0 Å². The Morgan fingerprint density at radius 1 is 1.27 bits per heavy atom. The number of aliphatic imine (C=N–C) groups is 1. The van der Waals surface area contributed by atoms with Crippen LogP contribution in [-0.4, -0.2) is 35.9 Å². The lowest BCUT2D eigenvalue weighted by Crippen LogP contribution is -2.39. The average molecular weight is 483 g/mol. The van der Waals surface area contributed by atoms with Crippen LogP contribution < -0.4 is 15.4 Å². The van der Waals surface area contributed by atoms with Crippen molar-refractivity contribution in [3.63, 3.8) is 0 Å². The molecule has 0 aliphatic heterocycles. The highest BCUT2D eigenvalue weighted by molar-refractivity contribution is 14.0. The second-order valence-electron chi connectivity index (χ2n) is 5.17. The third kappa shape index (κ3) is 6.73. The van der Waals surface area contributed by atoms with Gasteiger partial charge in [0.1, 0.15) is 12.4 Å². The Kier molecular flexibility index (Phi) is 8.69. The van der Waals surface area contributed by atoms with Gasteiger partial charge in [0, 0.05) is 20.3 Å². The van der Waals surface area contributed by atoms with Gasteiger partial charge >= 0.3 is 6.18 Å². The van der Waals surface area contributed by atoms with E-state index in [0.717, 1.165) is 17.8 Å². The molecule has 10 heteroatoms. The molecule has 0 fully saturated rings. The normalized spacial score (nSPS) is 11.7. The van der Waals surface area contributed by atoms with E-state index in [0.29, 0.717) is 19.0 Å². The van der Waals surface area contributed by atoms with Crippen molar-refractivity contribution in [1.29, 1.82) is 0 Å². The molecule has 0 radical (unpaired) electrons. The van der Waals surface area contributed by atoms with Crippen LogP contribution in [0.5, 0.6) is 5.75 Å². The van der Waals surface area contributed by atoms with Crippen molar-refractivity contribution < 1.29 is 17.9 Å². The predicted octanol–water partition coefficient (Wildman–Crippen LogP) is 2.80. The lowest BCUT2D eigenvalue weighted by atomic mass is 10.2. The zero-order valence-corrected chi connectivity index (χ0v) is 16.7. The van der Waals surface area contributed by atoms with Gasteiger partial charge in [-0.2, -0.15) is 18.3 Å². The van der Waals surface area contributed by atoms with Gasteiger partial charge in [0.25, 0.3) is 0 Å². The fourth-order valence-electron chi connectivity index (χ4n) is 2.07. The standard InChI is InChI=1S/C16H20F3N5O.HI/c1-20-15(22-11-13-6-7-23-24(13)2)21-8-9-25-14-5-3-4-12(10-14)16(17,18)19;/h3-7,10H,8-9,11H2,1-2H3,(H2,20,21,22);1H. The highest BCUT2D eigenvalue weighted by atomic mass is 127. The van der Waals surface area contributed by atoms with Crippen LogP contribution >= 0.6 is 24.0 Å². The smallest absolute Gasteiger partial charge is 0.416 e. The summed E-state index contributed by atoms with van der Waals surface area (Å²) in [6, 6.07) is 6.69. The average Bonchev–Trinajstić information content (AvgIpc) is 2.99. The Morgan fingerprint density at radius 2 is 2.04 bits per heavy atom. The maximum atomic E-state index is 12.6. The number of nitrogens with one attached hydrogen (secondary N) is 2. The van der Waals surface area contributed by atoms with E-state index >= 15 is 0 Å². The van der Waals surface area contributed by atoms with Crippen molar-refractivity contribution in [3.05, 3.63) is 47.8 Å². The number of benzene rings is 1. The number of aromatic nitrogens is 2. The minimum atomic E-state index is -4.38. The van der Waals surface area contributed by atoms with Crippen LogP contribution in [0.15, 0.2) is 41.5 Å². The number of nitrogens with zero attached hydrogens (tertiary/aromatic N) is 3. The number of guanidine groups is 1. The summed E-state index contributed by atoms with van der Waals surface area (Å²) in [5, 5.41) is 10.2. The molecule has 26 heavy (non-hydrogen) atoms. The molecule has 1 heterocycles. The summed E-state index contributed by atoms with van der Waals surface area (Å²) < 4.78 is 45.0. The molecular formula is C16H21F3IN5O. The van der Waals surface area contributed by atoms with Crippen molar-refractivity contribution >= 4 is 29.9 Å². The first-order chi connectivity index (χ1) is 11.9. The molecule has 0 saturated carbocycles. The number of aryl methyl sites for hydroxylation is 1. The highest BCUT2D eigenvalue weighted by Gasteiger charge is 2.30. The van der Waals surface area contributed by atoms with E-state index in [4.69, 9.17) is 4.74 Å². The summed E-state index contributed by atoms with van der Waals surface area (Å²) in [5.74, 6) is 0.739. The molecule has 0 amide bonds. The monoisotopic (exact) mass is 483 g/mol. The number of alkyl halides is 3. The van der Waals surface area contributed by atoms with E-state index in [1.807, 2.05) is 13.1 Å². The minimum absolute atomic E-state index is 0. The van der Waals surface area contributed by atoms with Gasteiger partial charge in [-0.1, -0.05) is 6.07 Å². The first-order valence-electron chi connectivity index (χ1n) is 7.61. The lowest BCUT2D eigenvalue weighted by Gasteiger charge is -2.13. The molecule has 2 aromatic rings. The molecule has 0 aliphatic carbocycles. The molecule has 0 saturated heterocycles. The molecule has 0 bridgehead atoms. The van der Waals surface area contributed by atoms with Crippen LogP contribution in [0.3, 0.4) is 0 Å². The van der Waals surface area contributed by atoms with Crippen LogP contribution in [-0.2, 0) is 19.8 Å². The number of hydrogen-bond acceptors (Lipinski definition) is 3. The van der Waals surface area contributed by atoms with E-state index in [9.17, 15) is 13.2 Å². The molecule has 6 nitrogen and oxygen atoms in total. The zero-order chi connectivity index (χ0) is 18.3. The molecule has 2 rings (SSSR count). The van der Waals surface area contributed by atoms with Crippen molar-refractivity contribution in [2.75, 3.05) is 20.2 Å². The summed E-state index contributed by atoms with van der Waals surface area (Å²) in [4.78, 5) is 4.07. The van der Waals surface area contributed by atoms with Crippen LogP contribution in [0.4, 0.5) is 13.2 Å². The van der Waals surface area contributed by atoms with Crippen LogP contribution in [0.1, 0.15) is 11.3 Å². The van der Waals surface area contributed by atoms with Crippen molar-refractivity contribution in [1.82, 2.24) is 20.4 Å². The number of hydrogen-bond donors (Lipinski definition) is 2. The van der Waals surface area contributed by atoms with Gasteiger partial charge in [0.05, 0.1) is 24.3 Å². The van der Waals surface area contributed by atoms with Gasteiger partial charge < -0.3 is 15.4 Å². The van der Waals surface area contributed by atoms with E-state index in [1.54, 1.807) is 17.9 Å². The summed E-state index contributed by atoms with van der Waals surface area (Å²) in [7, 11) is 3.47. The molecule has 144 valence electrons. The van der Waals surface area contributed by atoms with E-state index in [2.05, 4.69) is 20.7 Å². The number of ether oxygens (including phenoxy) is 1. The maximum absolute atomic E-state index is 12.6. The van der Waals surface area contributed by atoms with Gasteiger partial charge in [-0.15, -0.1) is 24.0 Å². The Hall–Kier alpha value is -1.98. The minimum Gasteiger partial charge on any atom is -0.492 e. The Balaban J connectivity index is 0.00000338. The maximum Gasteiger partial charge on any atom is 0.416 e.